The van der Waals surface area contributed by atoms with Crippen molar-refractivity contribution >= 4 is 18.0 Å². The molecule has 31 heavy (non-hydrogen) atoms. The molecule has 0 bridgehead atoms. The minimum Gasteiger partial charge on any atom is -0.493 e. The summed E-state index contributed by atoms with van der Waals surface area (Å²) in [5.41, 5.74) is -0.588. The molecule has 9 heteroatoms. The summed E-state index contributed by atoms with van der Waals surface area (Å²) < 4.78 is 60.0. The molecule has 1 aliphatic rings. The molecule has 0 spiro atoms. The zero-order chi connectivity index (χ0) is 22.8. The highest BCUT2D eigenvalue weighted by Gasteiger charge is 2.39. The Bertz CT molecular complexity index is 1020. The minimum absolute atomic E-state index is 0.139. The third-order valence-electron chi connectivity index (χ3n) is 4.28. The number of esters is 2. The topological polar surface area (TPSA) is 71.1 Å². The molecule has 3 rings (SSSR count). The SMILES string of the molecule is COc1cccc(C=C2C(=O)OC(C)(C)OC2=O)c1OCc1cccc(C(F)(F)F)c1. The first-order valence-electron chi connectivity index (χ1n) is 9.14. The maximum atomic E-state index is 12.9. The van der Waals surface area contributed by atoms with Crippen LogP contribution in [0.2, 0.25) is 0 Å². The summed E-state index contributed by atoms with van der Waals surface area (Å²) in [6, 6.07) is 9.44. The number of methoxy groups -OCH3 is 1. The van der Waals surface area contributed by atoms with Gasteiger partial charge in [0.1, 0.15) is 12.2 Å². The molecule has 1 fully saturated rings. The minimum atomic E-state index is -4.48. The summed E-state index contributed by atoms with van der Waals surface area (Å²) in [5, 5.41) is 0. The van der Waals surface area contributed by atoms with Gasteiger partial charge in [0.2, 0.25) is 0 Å². The Kier molecular flexibility index (Phi) is 5.97. The summed E-state index contributed by atoms with van der Waals surface area (Å²) in [6.45, 7) is 2.64. The van der Waals surface area contributed by atoms with Crippen LogP contribution < -0.4 is 9.47 Å². The Morgan fingerprint density at radius 2 is 1.68 bits per heavy atom. The van der Waals surface area contributed by atoms with Crippen LogP contribution in [0.4, 0.5) is 13.2 Å². The summed E-state index contributed by atoms with van der Waals surface area (Å²) >= 11 is 0. The summed E-state index contributed by atoms with van der Waals surface area (Å²) in [5.74, 6) is -2.72. The van der Waals surface area contributed by atoms with Gasteiger partial charge in [-0.25, -0.2) is 9.59 Å². The van der Waals surface area contributed by atoms with Gasteiger partial charge in [0.25, 0.3) is 5.79 Å². The number of benzene rings is 2. The van der Waals surface area contributed by atoms with Crippen LogP contribution in [0.3, 0.4) is 0 Å². The average molecular weight is 436 g/mol. The van der Waals surface area contributed by atoms with Crippen LogP contribution in [0, 0.1) is 0 Å². The number of para-hydroxylation sites is 1. The number of rotatable bonds is 5. The van der Waals surface area contributed by atoms with E-state index in [0.29, 0.717) is 0 Å². The smallest absolute Gasteiger partial charge is 0.416 e. The maximum absolute atomic E-state index is 12.9. The molecule has 2 aromatic carbocycles. The quantitative estimate of drug-likeness (QED) is 0.390. The molecular formula is C22H19F3O6. The Hall–Kier alpha value is -3.49. The van der Waals surface area contributed by atoms with Gasteiger partial charge in [-0.3, -0.25) is 0 Å². The summed E-state index contributed by atoms with van der Waals surface area (Å²) in [6.07, 6.45) is -3.25. The molecule has 0 radical (unpaired) electrons. The molecule has 0 saturated carbocycles. The van der Waals surface area contributed by atoms with Crippen molar-refractivity contribution in [3.05, 3.63) is 64.7 Å². The van der Waals surface area contributed by atoms with Gasteiger partial charge in [-0.05, 0) is 29.8 Å². The van der Waals surface area contributed by atoms with Crippen molar-refractivity contribution in [2.75, 3.05) is 7.11 Å². The molecule has 1 heterocycles. The van der Waals surface area contributed by atoms with E-state index < -0.39 is 29.5 Å². The van der Waals surface area contributed by atoms with E-state index >= 15 is 0 Å². The van der Waals surface area contributed by atoms with Crippen LogP contribution in [0.5, 0.6) is 11.5 Å². The number of halogens is 3. The van der Waals surface area contributed by atoms with Gasteiger partial charge in [0, 0.05) is 19.4 Å². The molecule has 1 aliphatic heterocycles. The molecule has 0 unspecified atom stereocenters. The Morgan fingerprint density at radius 3 is 2.29 bits per heavy atom. The number of carbonyl (C=O) groups is 2. The first-order valence-corrected chi connectivity index (χ1v) is 9.14. The van der Waals surface area contributed by atoms with Crippen LogP contribution in [0.1, 0.15) is 30.5 Å². The van der Waals surface area contributed by atoms with Crippen LogP contribution in [0.25, 0.3) is 6.08 Å². The van der Waals surface area contributed by atoms with Crippen molar-refractivity contribution in [2.45, 2.75) is 32.4 Å². The molecule has 0 N–H and O–H groups in total. The molecular weight excluding hydrogens is 417 g/mol. The largest absolute Gasteiger partial charge is 0.493 e. The number of hydrogen-bond donors (Lipinski definition) is 0. The van der Waals surface area contributed by atoms with Gasteiger partial charge >= 0.3 is 18.1 Å². The summed E-state index contributed by atoms with van der Waals surface area (Å²) in [4.78, 5) is 24.5. The van der Waals surface area contributed by atoms with E-state index in [1.165, 1.54) is 39.2 Å². The van der Waals surface area contributed by atoms with E-state index in [4.69, 9.17) is 18.9 Å². The van der Waals surface area contributed by atoms with E-state index in [1.54, 1.807) is 18.2 Å². The second-order valence-electron chi connectivity index (χ2n) is 7.10. The molecule has 164 valence electrons. The van der Waals surface area contributed by atoms with E-state index in [9.17, 15) is 22.8 Å². The summed E-state index contributed by atoms with van der Waals surface area (Å²) in [7, 11) is 1.38. The monoisotopic (exact) mass is 436 g/mol. The molecule has 0 aromatic heterocycles. The number of ether oxygens (including phenoxy) is 4. The fraction of sp³-hybridized carbons (Fsp3) is 0.273. The zero-order valence-electron chi connectivity index (χ0n) is 16.9. The highest BCUT2D eigenvalue weighted by atomic mass is 19.4. The molecule has 6 nitrogen and oxygen atoms in total. The average Bonchev–Trinajstić information content (AvgIpc) is 2.68. The van der Waals surface area contributed by atoms with E-state index in [0.717, 1.165) is 12.1 Å². The second kappa shape index (κ2) is 8.33. The van der Waals surface area contributed by atoms with E-state index in [2.05, 4.69) is 0 Å². The number of hydrogen-bond acceptors (Lipinski definition) is 6. The van der Waals surface area contributed by atoms with Gasteiger partial charge in [0.15, 0.2) is 11.5 Å². The predicted octanol–water partition coefficient (Wildman–Crippen LogP) is 4.51. The van der Waals surface area contributed by atoms with Crippen LogP contribution in [-0.2, 0) is 31.8 Å². The molecule has 0 aliphatic carbocycles. The maximum Gasteiger partial charge on any atom is 0.416 e. The third kappa shape index (κ3) is 5.17. The fourth-order valence-corrected chi connectivity index (χ4v) is 2.89. The van der Waals surface area contributed by atoms with Crippen molar-refractivity contribution in [1.29, 1.82) is 0 Å². The van der Waals surface area contributed by atoms with Crippen LogP contribution in [-0.4, -0.2) is 24.8 Å². The molecule has 2 aromatic rings. The van der Waals surface area contributed by atoms with Crippen molar-refractivity contribution < 1.29 is 41.7 Å². The first-order chi connectivity index (χ1) is 14.5. The number of carbonyl (C=O) groups excluding carboxylic acids is 2. The first kappa shape index (κ1) is 22.2. The normalized spacial score (nSPS) is 15.7. The second-order valence-corrected chi connectivity index (χ2v) is 7.10. The van der Waals surface area contributed by atoms with E-state index in [1.807, 2.05) is 0 Å². The van der Waals surface area contributed by atoms with Gasteiger partial charge in [-0.15, -0.1) is 0 Å². The lowest BCUT2D eigenvalue weighted by Gasteiger charge is -2.29. The van der Waals surface area contributed by atoms with Gasteiger partial charge < -0.3 is 18.9 Å². The van der Waals surface area contributed by atoms with E-state index in [-0.39, 0.29) is 34.8 Å². The molecule has 1 saturated heterocycles. The van der Waals surface area contributed by atoms with Gasteiger partial charge in [-0.1, -0.05) is 24.3 Å². The molecule has 0 atom stereocenters. The van der Waals surface area contributed by atoms with Crippen LogP contribution in [0.15, 0.2) is 48.0 Å². The number of alkyl halides is 3. The number of cyclic esters (lactones) is 2. The van der Waals surface area contributed by atoms with Crippen molar-refractivity contribution in [3.8, 4) is 11.5 Å². The highest BCUT2D eigenvalue weighted by Crippen LogP contribution is 2.35. The Labute approximate surface area is 176 Å². The lowest BCUT2D eigenvalue weighted by Crippen LogP contribution is -2.41. The highest BCUT2D eigenvalue weighted by molar-refractivity contribution is 6.19. The lowest BCUT2D eigenvalue weighted by molar-refractivity contribution is -0.222. The zero-order valence-corrected chi connectivity index (χ0v) is 16.9. The van der Waals surface area contributed by atoms with Crippen LogP contribution >= 0.6 is 0 Å². The van der Waals surface area contributed by atoms with Crippen molar-refractivity contribution in [2.24, 2.45) is 0 Å². The fourth-order valence-electron chi connectivity index (χ4n) is 2.89. The molecule has 0 amide bonds. The van der Waals surface area contributed by atoms with Gasteiger partial charge in [0.05, 0.1) is 12.7 Å². The predicted molar refractivity (Wildman–Crippen MR) is 103 cm³/mol. The van der Waals surface area contributed by atoms with Crippen molar-refractivity contribution in [1.82, 2.24) is 0 Å². The Morgan fingerprint density at radius 1 is 1.03 bits per heavy atom. The van der Waals surface area contributed by atoms with Gasteiger partial charge in [-0.2, -0.15) is 13.2 Å². The standard InChI is InChI=1S/C22H19F3O6/c1-21(2)30-19(26)16(20(27)31-21)11-14-7-5-9-17(28-3)18(14)29-12-13-6-4-8-15(10-13)22(23,24)25/h4-11H,12H2,1-3H3. The lowest BCUT2D eigenvalue weighted by atomic mass is 10.1. The van der Waals surface area contributed by atoms with Crippen molar-refractivity contribution in [3.63, 3.8) is 0 Å². The Balaban J connectivity index is 1.92. The third-order valence-corrected chi connectivity index (χ3v) is 4.28.